The van der Waals surface area contributed by atoms with Gasteiger partial charge in [-0.05, 0) is 72.1 Å². The fraction of sp³-hybridized carbons (Fsp3) is 0.520. The standard InChI is InChI=1S/C25H33ClFN5O4S/c1-16-19(21(30-29-20(16)26)32-13-8-11-25(5,27)12-14-32)22(33)28-17-9-7-10-18(15-17)37(6,35)31-23(34)36-24(2,3)4/h7,9-10,15H,8,11-14H2,1-6H3,(H,28,33)/t25?,37-/m1/s1. The largest absolute Gasteiger partial charge is 0.442 e. The van der Waals surface area contributed by atoms with Crippen molar-refractivity contribution in [2.75, 3.05) is 29.6 Å². The number of carbonyl (C=O) groups excluding carboxylic acids is 2. The van der Waals surface area contributed by atoms with Gasteiger partial charge in [0.25, 0.3) is 5.91 Å². The van der Waals surface area contributed by atoms with E-state index in [-0.39, 0.29) is 15.6 Å². The second-order valence-electron chi connectivity index (χ2n) is 10.4. The fourth-order valence-electron chi connectivity index (χ4n) is 3.91. The van der Waals surface area contributed by atoms with Gasteiger partial charge in [-0.1, -0.05) is 17.7 Å². The Kier molecular flexibility index (Phi) is 8.48. The van der Waals surface area contributed by atoms with Crippen molar-refractivity contribution in [1.82, 2.24) is 10.2 Å². The van der Waals surface area contributed by atoms with Gasteiger partial charge in [0, 0.05) is 35.5 Å². The van der Waals surface area contributed by atoms with E-state index in [9.17, 15) is 18.2 Å². The summed E-state index contributed by atoms with van der Waals surface area (Å²) in [5.74, 6) is -0.173. The first-order valence-electron chi connectivity index (χ1n) is 11.9. The van der Waals surface area contributed by atoms with Crippen LogP contribution in [0.5, 0.6) is 0 Å². The second kappa shape index (κ2) is 10.9. The van der Waals surface area contributed by atoms with Crippen molar-refractivity contribution in [3.05, 3.63) is 40.5 Å². The average molecular weight is 554 g/mol. The Morgan fingerprint density at radius 1 is 1.24 bits per heavy atom. The SMILES string of the molecule is Cc1c(Cl)nnc(N2CCCC(C)(F)CC2)c1C(=O)Nc1cccc([S@@](C)(=O)=NC(=O)OC(C)(C)C)c1. The van der Waals surface area contributed by atoms with E-state index in [4.69, 9.17) is 16.3 Å². The lowest BCUT2D eigenvalue weighted by molar-refractivity contribution is 0.0607. The minimum Gasteiger partial charge on any atom is -0.442 e. The minimum absolute atomic E-state index is 0.0838. The summed E-state index contributed by atoms with van der Waals surface area (Å²) >= 11 is 6.20. The molecule has 1 aromatic carbocycles. The molecule has 12 heteroatoms. The topological polar surface area (TPSA) is 114 Å². The second-order valence-corrected chi connectivity index (χ2v) is 13.0. The van der Waals surface area contributed by atoms with Crippen LogP contribution >= 0.6 is 11.6 Å². The molecule has 0 aliphatic carbocycles. The number of hydrogen-bond acceptors (Lipinski definition) is 7. The molecule has 1 fully saturated rings. The van der Waals surface area contributed by atoms with Gasteiger partial charge >= 0.3 is 6.09 Å². The van der Waals surface area contributed by atoms with Gasteiger partial charge in [-0.2, -0.15) is 0 Å². The van der Waals surface area contributed by atoms with Crippen LogP contribution in [0, 0.1) is 6.92 Å². The predicted octanol–water partition coefficient (Wildman–Crippen LogP) is 5.80. The monoisotopic (exact) mass is 553 g/mol. The highest BCUT2D eigenvalue weighted by molar-refractivity contribution is 7.93. The highest BCUT2D eigenvalue weighted by Crippen LogP contribution is 2.31. The zero-order valence-corrected chi connectivity index (χ0v) is 23.5. The zero-order valence-electron chi connectivity index (χ0n) is 21.9. The summed E-state index contributed by atoms with van der Waals surface area (Å²) in [5.41, 5.74) is -1.07. The van der Waals surface area contributed by atoms with E-state index < -0.39 is 33.0 Å². The van der Waals surface area contributed by atoms with Crippen molar-refractivity contribution in [2.45, 2.75) is 70.0 Å². The molecular formula is C25H33ClFN5O4S. The van der Waals surface area contributed by atoms with Gasteiger partial charge in [0.05, 0.1) is 15.3 Å². The Morgan fingerprint density at radius 2 is 1.95 bits per heavy atom. The summed E-state index contributed by atoms with van der Waals surface area (Å²) in [5, 5.41) is 11.0. The maximum Gasteiger partial charge on any atom is 0.442 e. The number of aromatic nitrogens is 2. The summed E-state index contributed by atoms with van der Waals surface area (Å²) in [7, 11) is -3.15. The number of halogens is 2. The average Bonchev–Trinajstić information content (AvgIpc) is 2.94. The van der Waals surface area contributed by atoms with Crippen LogP contribution in [0.1, 0.15) is 62.9 Å². The van der Waals surface area contributed by atoms with Crippen LogP contribution in [0.15, 0.2) is 33.5 Å². The molecule has 1 unspecified atom stereocenters. The third-order valence-electron chi connectivity index (χ3n) is 5.87. The molecule has 1 saturated heterocycles. The van der Waals surface area contributed by atoms with Crippen molar-refractivity contribution in [3.63, 3.8) is 0 Å². The van der Waals surface area contributed by atoms with Gasteiger partial charge in [0.2, 0.25) is 0 Å². The lowest BCUT2D eigenvalue weighted by Crippen LogP contribution is -2.30. The molecule has 2 atom stereocenters. The normalized spacial score (nSPS) is 19.9. The molecule has 2 heterocycles. The highest BCUT2D eigenvalue weighted by atomic mass is 35.5. The number of carbonyl (C=O) groups is 2. The first-order valence-corrected chi connectivity index (χ1v) is 14.2. The van der Waals surface area contributed by atoms with Gasteiger partial charge < -0.3 is 15.0 Å². The summed E-state index contributed by atoms with van der Waals surface area (Å²) in [6, 6.07) is 6.26. The maximum absolute atomic E-state index is 14.6. The first kappa shape index (κ1) is 28.8. The number of amides is 2. The zero-order chi connectivity index (χ0) is 27.6. The van der Waals surface area contributed by atoms with Gasteiger partial charge in [0.15, 0.2) is 11.0 Å². The Morgan fingerprint density at radius 3 is 2.62 bits per heavy atom. The molecular weight excluding hydrogens is 521 g/mol. The molecule has 1 aliphatic rings. The predicted molar refractivity (Wildman–Crippen MR) is 143 cm³/mol. The first-order chi connectivity index (χ1) is 17.1. The number of alkyl halides is 1. The fourth-order valence-corrected chi connectivity index (χ4v) is 5.15. The van der Waals surface area contributed by atoms with E-state index in [0.717, 1.165) is 0 Å². The molecule has 1 aliphatic heterocycles. The molecule has 2 amide bonds. The Hall–Kier alpha value is -2.79. The Bertz CT molecular complexity index is 1320. The van der Waals surface area contributed by atoms with Crippen molar-refractivity contribution in [1.29, 1.82) is 0 Å². The van der Waals surface area contributed by atoms with Gasteiger partial charge in [0.1, 0.15) is 11.3 Å². The summed E-state index contributed by atoms with van der Waals surface area (Å²) in [6.07, 6.45) is 1.71. The lowest BCUT2D eigenvalue weighted by Gasteiger charge is -2.25. The van der Waals surface area contributed by atoms with Crippen LogP contribution in [0.25, 0.3) is 0 Å². The minimum atomic E-state index is -3.15. The number of nitrogens with zero attached hydrogens (tertiary/aromatic N) is 4. The van der Waals surface area contributed by atoms with Crippen LogP contribution in [0.3, 0.4) is 0 Å². The van der Waals surface area contributed by atoms with Crippen molar-refractivity contribution >= 4 is 44.8 Å². The number of hydrogen-bond donors (Lipinski definition) is 1. The molecule has 0 bridgehead atoms. The van der Waals surface area contributed by atoms with Crippen LogP contribution in [-0.4, -0.2) is 57.0 Å². The molecule has 0 spiro atoms. The number of ether oxygens (including phenoxy) is 1. The molecule has 1 aromatic heterocycles. The lowest BCUT2D eigenvalue weighted by atomic mass is 10.00. The van der Waals surface area contributed by atoms with Crippen LogP contribution in [0.2, 0.25) is 5.15 Å². The molecule has 202 valence electrons. The van der Waals surface area contributed by atoms with E-state index in [1.807, 2.05) is 4.90 Å². The maximum atomic E-state index is 14.6. The number of anilines is 2. The van der Waals surface area contributed by atoms with Crippen molar-refractivity contribution < 1.29 is 22.9 Å². The highest BCUT2D eigenvalue weighted by Gasteiger charge is 2.30. The molecule has 0 radical (unpaired) electrons. The summed E-state index contributed by atoms with van der Waals surface area (Å²) < 4.78 is 36.7. The molecule has 3 rings (SSSR count). The third kappa shape index (κ3) is 7.61. The molecule has 9 nitrogen and oxygen atoms in total. The van der Waals surface area contributed by atoms with Crippen molar-refractivity contribution in [3.8, 4) is 0 Å². The molecule has 37 heavy (non-hydrogen) atoms. The number of rotatable bonds is 4. The van der Waals surface area contributed by atoms with E-state index in [1.165, 1.54) is 12.3 Å². The molecule has 0 saturated carbocycles. The number of nitrogens with one attached hydrogen (secondary N) is 1. The molecule has 2 aromatic rings. The Balaban J connectivity index is 1.91. The van der Waals surface area contributed by atoms with Gasteiger partial charge in [-0.3, -0.25) is 4.79 Å². The van der Waals surface area contributed by atoms with Crippen molar-refractivity contribution in [2.24, 2.45) is 4.36 Å². The van der Waals surface area contributed by atoms with E-state index >= 15 is 0 Å². The summed E-state index contributed by atoms with van der Waals surface area (Å²) in [6.45, 7) is 9.21. The van der Waals surface area contributed by atoms with Crippen LogP contribution in [0.4, 0.5) is 20.7 Å². The van der Waals surface area contributed by atoms with E-state index in [2.05, 4.69) is 19.9 Å². The van der Waals surface area contributed by atoms with Crippen LogP contribution < -0.4 is 10.2 Å². The third-order valence-corrected chi connectivity index (χ3v) is 7.85. The summed E-state index contributed by atoms with van der Waals surface area (Å²) in [4.78, 5) is 27.7. The number of benzene rings is 1. The molecule has 1 N–H and O–H groups in total. The van der Waals surface area contributed by atoms with E-state index in [1.54, 1.807) is 52.8 Å². The van der Waals surface area contributed by atoms with Gasteiger partial charge in [-0.25, -0.2) is 13.4 Å². The van der Waals surface area contributed by atoms with Crippen LogP contribution in [-0.2, 0) is 14.5 Å². The Labute approximate surface area is 222 Å². The van der Waals surface area contributed by atoms with Gasteiger partial charge in [-0.15, -0.1) is 14.6 Å². The van der Waals surface area contributed by atoms with E-state index in [0.29, 0.717) is 49.4 Å². The smallest absolute Gasteiger partial charge is 0.442 e. The quantitative estimate of drug-likeness (QED) is 0.508.